The fraction of sp³-hybridized carbons (Fsp3) is 0.556. The van der Waals surface area contributed by atoms with Gasteiger partial charge in [-0.25, -0.2) is 13.2 Å². The summed E-state index contributed by atoms with van der Waals surface area (Å²) in [6, 6.07) is 5.15. The number of hydrogen-bond acceptors (Lipinski definition) is 2. The Balaban J connectivity index is 1.51. The molecular formula is C36H49F3O2. The molecule has 3 rings (SSSR count). The highest BCUT2D eigenvalue weighted by Gasteiger charge is 2.30. The average molecular weight is 571 g/mol. The number of rotatable bonds is 14. The Bertz CT molecular complexity index is 1090. The average Bonchev–Trinajstić information content (AvgIpc) is 2.99. The lowest BCUT2D eigenvalue weighted by Gasteiger charge is -2.32. The number of aliphatic hydroxyl groups is 1. The topological polar surface area (TPSA) is 29.5 Å². The van der Waals surface area contributed by atoms with Crippen molar-refractivity contribution in [1.29, 1.82) is 0 Å². The summed E-state index contributed by atoms with van der Waals surface area (Å²) in [6.45, 7) is 11.9. The Morgan fingerprint density at radius 1 is 1.07 bits per heavy atom. The third-order valence-corrected chi connectivity index (χ3v) is 8.95. The van der Waals surface area contributed by atoms with Crippen LogP contribution >= 0.6 is 0 Å². The van der Waals surface area contributed by atoms with Gasteiger partial charge in [0, 0.05) is 11.6 Å². The second-order valence-corrected chi connectivity index (χ2v) is 11.8. The van der Waals surface area contributed by atoms with Crippen molar-refractivity contribution in [3.63, 3.8) is 0 Å². The largest absolute Gasteiger partial charge is 0.493 e. The minimum Gasteiger partial charge on any atom is -0.493 e. The van der Waals surface area contributed by atoms with Crippen LogP contribution in [-0.2, 0) is 0 Å². The molecule has 2 saturated carbocycles. The van der Waals surface area contributed by atoms with Crippen molar-refractivity contribution >= 4 is 0 Å². The zero-order valence-corrected chi connectivity index (χ0v) is 25.0. The first-order valence-electron chi connectivity index (χ1n) is 15.6. The number of unbranched alkanes of at least 4 members (excludes halogenated alkanes) is 1. The van der Waals surface area contributed by atoms with E-state index in [2.05, 4.69) is 20.1 Å². The first-order valence-corrected chi connectivity index (χ1v) is 15.6. The zero-order valence-electron chi connectivity index (χ0n) is 25.0. The van der Waals surface area contributed by atoms with Gasteiger partial charge >= 0.3 is 0 Å². The molecule has 41 heavy (non-hydrogen) atoms. The molecule has 1 N–H and O–H groups in total. The van der Waals surface area contributed by atoms with Crippen LogP contribution in [0.2, 0.25) is 0 Å². The maximum absolute atomic E-state index is 15.3. The van der Waals surface area contributed by atoms with E-state index in [0.29, 0.717) is 17.9 Å². The van der Waals surface area contributed by atoms with Gasteiger partial charge in [-0.15, -0.1) is 6.58 Å². The summed E-state index contributed by atoms with van der Waals surface area (Å²) in [7, 11) is 0. The van der Waals surface area contributed by atoms with Crippen molar-refractivity contribution < 1.29 is 23.0 Å². The Kier molecular flexibility index (Phi) is 13.5. The van der Waals surface area contributed by atoms with Crippen molar-refractivity contribution in [1.82, 2.24) is 0 Å². The predicted octanol–water partition coefficient (Wildman–Crippen LogP) is 10.6. The van der Waals surface area contributed by atoms with Gasteiger partial charge in [-0.3, -0.25) is 0 Å². The van der Waals surface area contributed by atoms with E-state index in [1.54, 1.807) is 19.1 Å². The fourth-order valence-corrected chi connectivity index (χ4v) is 6.45. The smallest absolute Gasteiger partial charge is 0.165 e. The highest BCUT2D eigenvalue weighted by Crippen LogP contribution is 2.41. The normalized spacial score (nSPS) is 25.1. The monoisotopic (exact) mass is 570 g/mol. The summed E-state index contributed by atoms with van der Waals surface area (Å²) in [6.07, 6.45) is 16.8. The summed E-state index contributed by atoms with van der Waals surface area (Å²) in [4.78, 5) is 0. The van der Waals surface area contributed by atoms with E-state index >= 15 is 8.78 Å². The van der Waals surface area contributed by atoms with E-state index < -0.39 is 11.7 Å². The highest BCUT2D eigenvalue weighted by atomic mass is 19.2. The molecule has 5 heteroatoms. The van der Waals surface area contributed by atoms with Gasteiger partial charge in [0.25, 0.3) is 0 Å². The van der Waals surface area contributed by atoms with Crippen LogP contribution < -0.4 is 4.74 Å². The van der Waals surface area contributed by atoms with Crippen LogP contribution in [0, 0.1) is 23.6 Å². The Labute approximate surface area is 245 Å². The van der Waals surface area contributed by atoms with Crippen molar-refractivity contribution in [3.05, 3.63) is 89.8 Å². The molecule has 1 unspecified atom stereocenters. The number of hydrogen-bond donors (Lipinski definition) is 1. The van der Waals surface area contributed by atoms with E-state index in [1.807, 2.05) is 24.3 Å². The highest BCUT2D eigenvalue weighted by molar-refractivity contribution is 5.42. The molecule has 2 fully saturated rings. The maximum atomic E-state index is 15.3. The lowest BCUT2D eigenvalue weighted by atomic mass is 9.75. The molecule has 0 bridgehead atoms. The van der Waals surface area contributed by atoms with Crippen molar-refractivity contribution in [2.24, 2.45) is 17.8 Å². The predicted molar refractivity (Wildman–Crippen MR) is 164 cm³/mol. The van der Waals surface area contributed by atoms with Crippen molar-refractivity contribution in [2.45, 2.75) is 103 Å². The van der Waals surface area contributed by atoms with E-state index in [1.165, 1.54) is 6.07 Å². The van der Waals surface area contributed by atoms with E-state index in [4.69, 9.17) is 4.74 Å². The summed E-state index contributed by atoms with van der Waals surface area (Å²) >= 11 is 0. The molecule has 0 spiro atoms. The number of ether oxygens (including phenoxy) is 1. The summed E-state index contributed by atoms with van der Waals surface area (Å²) < 4.78 is 50.9. The summed E-state index contributed by atoms with van der Waals surface area (Å²) in [5.74, 6) is -0.823. The summed E-state index contributed by atoms with van der Waals surface area (Å²) in [5.41, 5.74) is 1.18. The van der Waals surface area contributed by atoms with Crippen LogP contribution in [0.3, 0.4) is 0 Å². The van der Waals surface area contributed by atoms with Gasteiger partial charge in [-0.05, 0) is 118 Å². The van der Waals surface area contributed by atoms with Gasteiger partial charge in [0.2, 0.25) is 0 Å². The minimum absolute atomic E-state index is 0.0406. The second kappa shape index (κ2) is 16.8. The maximum Gasteiger partial charge on any atom is 0.165 e. The molecule has 2 aliphatic rings. The van der Waals surface area contributed by atoms with Crippen molar-refractivity contribution in [3.8, 4) is 5.75 Å². The molecular weight excluding hydrogens is 521 g/mol. The summed E-state index contributed by atoms with van der Waals surface area (Å²) in [5, 5.41) is 10.3. The molecule has 0 aromatic heterocycles. The van der Waals surface area contributed by atoms with E-state index in [9.17, 15) is 9.50 Å². The number of allylic oxidation sites excluding steroid dienone is 8. The van der Waals surface area contributed by atoms with Gasteiger partial charge in [0.1, 0.15) is 11.6 Å². The van der Waals surface area contributed by atoms with Crippen LogP contribution in [0.15, 0.2) is 78.5 Å². The van der Waals surface area contributed by atoms with Gasteiger partial charge in [-0.1, -0.05) is 50.3 Å². The molecule has 0 heterocycles. The fourth-order valence-electron chi connectivity index (χ4n) is 6.45. The van der Waals surface area contributed by atoms with Gasteiger partial charge in [0.05, 0.1) is 12.7 Å². The van der Waals surface area contributed by atoms with Crippen molar-refractivity contribution in [2.75, 3.05) is 6.61 Å². The number of benzene rings is 1. The number of aliphatic hydroxyl groups excluding tert-OH is 1. The molecule has 2 nitrogen and oxygen atoms in total. The Hall–Kier alpha value is -2.53. The van der Waals surface area contributed by atoms with Gasteiger partial charge in [-0.2, -0.15) is 0 Å². The molecule has 226 valence electrons. The van der Waals surface area contributed by atoms with Crippen LogP contribution in [0.4, 0.5) is 13.2 Å². The molecule has 0 saturated heterocycles. The standard InChI is InChI=1S/C36H49F3O2/c1-5-8-9-23-41-30-21-22-32(33(37)24-30)28-15-13-26(14-16-28)12-11-25(4)35(38)36(39)31(7-3)27-17-19-29(20-18-27)34(40)10-6-2/h5,7,11-12,21-22,24,26-29,34,40H,1,4,6,8-10,13-20,23H2,2-3H3/b12-11+,31-7-,36-35-. The first kappa shape index (κ1) is 33.0. The molecule has 0 radical (unpaired) electrons. The minimum atomic E-state index is -0.898. The Morgan fingerprint density at radius 3 is 2.39 bits per heavy atom. The molecule has 0 amide bonds. The second-order valence-electron chi connectivity index (χ2n) is 11.8. The van der Waals surface area contributed by atoms with Crippen LogP contribution in [0.1, 0.15) is 102 Å². The van der Waals surface area contributed by atoms with E-state index in [-0.39, 0.29) is 41.2 Å². The molecule has 1 aromatic rings. The van der Waals surface area contributed by atoms with Crippen LogP contribution in [-0.4, -0.2) is 17.8 Å². The molecule has 1 atom stereocenters. The van der Waals surface area contributed by atoms with Crippen LogP contribution in [0.5, 0.6) is 5.75 Å². The SMILES string of the molecule is C=CCCCOc1ccc(C2CCC(/C=C/C(=C)/C(F)=C(F)\C(=C/C)C3CCC(C(O)CCC)CC3)CC2)c(F)c1. The van der Waals surface area contributed by atoms with Gasteiger partial charge in [0.15, 0.2) is 11.7 Å². The third-order valence-electron chi connectivity index (χ3n) is 8.95. The molecule has 1 aromatic carbocycles. The van der Waals surface area contributed by atoms with E-state index in [0.717, 1.165) is 82.6 Å². The Morgan fingerprint density at radius 2 is 1.78 bits per heavy atom. The molecule has 0 aliphatic heterocycles. The lowest BCUT2D eigenvalue weighted by Crippen LogP contribution is -2.26. The lowest BCUT2D eigenvalue weighted by molar-refractivity contribution is 0.0696. The molecule has 2 aliphatic carbocycles. The van der Waals surface area contributed by atoms with Gasteiger partial charge < -0.3 is 9.84 Å². The number of halogens is 3. The first-order chi connectivity index (χ1) is 19.8. The zero-order chi connectivity index (χ0) is 29.8. The third kappa shape index (κ3) is 9.49. The quantitative estimate of drug-likeness (QED) is 0.137. The van der Waals surface area contributed by atoms with Crippen LogP contribution in [0.25, 0.3) is 0 Å².